The van der Waals surface area contributed by atoms with Gasteiger partial charge >= 0.3 is 0 Å². The van der Waals surface area contributed by atoms with Crippen LogP contribution in [0.25, 0.3) is 0 Å². The van der Waals surface area contributed by atoms with Crippen molar-refractivity contribution in [1.82, 2.24) is 4.90 Å². The van der Waals surface area contributed by atoms with Gasteiger partial charge in [-0.2, -0.15) is 0 Å². The SMILES string of the molecule is CC.CC.CC.CN1CC2(CCC2)C1. The summed E-state index contributed by atoms with van der Waals surface area (Å²) < 4.78 is 0. The number of hydrogen-bond donors (Lipinski definition) is 0. The first-order chi connectivity index (χ1) is 6.81. The Morgan fingerprint density at radius 1 is 0.786 bits per heavy atom. The van der Waals surface area contributed by atoms with Gasteiger partial charge in [0.15, 0.2) is 0 Å². The summed E-state index contributed by atoms with van der Waals surface area (Å²) in [7, 11) is 2.21. The van der Waals surface area contributed by atoms with Gasteiger partial charge in [-0.1, -0.05) is 48.0 Å². The van der Waals surface area contributed by atoms with Crippen molar-refractivity contribution >= 4 is 0 Å². The van der Waals surface area contributed by atoms with Gasteiger partial charge in [0, 0.05) is 13.1 Å². The zero-order valence-corrected chi connectivity index (χ0v) is 11.5. The van der Waals surface area contributed by atoms with Crippen LogP contribution in [0.5, 0.6) is 0 Å². The summed E-state index contributed by atoms with van der Waals surface area (Å²) in [6.45, 7) is 14.8. The lowest BCUT2D eigenvalue weighted by molar-refractivity contribution is -0.0436. The number of nitrogens with zero attached hydrogens (tertiary/aromatic N) is 1. The van der Waals surface area contributed by atoms with E-state index in [1.165, 1.54) is 32.4 Å². The van der Waals surface area contributed by atoms with Crippen molar-refractivity contribution in [2.24, 2.45) is 5.41 Å². The van der Waals surface area contributed by atoms with Gasteiger partial charge < -0.3 is 4.90 Å². The zero-order chi connectivity index (χ0) is 11.6. The lowest BCUT2D eigenvalue weighted by Crippen LogP contribution is -2.57. The molecule has 0 bridgehead atoms. The van der Waals surface area contributed by atoms with Crippen molar-refractivity contribution < 1.29 is 0 Å². The summed E-state index contributed by atoms with van der Waals surface area (Å²) in [6.07, 6.45) is 4.52. The van der Waals surface area contributed by atoms with Gasteiger partial charge in [0.1, 0.15) is 0 Å². The largest absolute Gasteiger partial charge is 0.305 e. The summed E-state index contributed by atoms with van der Waals surface area (Å²) in [6, 6.07) is 0. The number of likely N-dealkylation sites (tertiary alicyclic amines) is 1. The minimum absolute atomic E-state index is 0.842. The quantitative estimate of drug-likeness (QED) is 0.568. The molecule has 0 aromatic carbocycles. The maximum Gasteiger partial charge on any atom is 0.00474 e. The van der Waals surface area contributed by atoms with Crippen LogP contribution in [0.4, 0.5) is 0 Å². The molecule has 88 valence electrons. The molecule has 0 aromatic heterocycles. The van der Waals surface area contributed by atoms with Crippen molar-refractivity contribution in [2.45, 2.75) is 60.8 Å². The summed E-state index contributed by atoms with van der Waals surface area (Å²) in [5.41, 5.74) is 0.842. The minimum Gasteiger partial charge on any atom is -0.305 e. The molecule has 1 saturated carbocycles. The van der Waals surface area contributed by atoms with E-state index >= 15 is 0 Å². The third-order valence-electron chi connectivity index (χ3n) is 2.62. The van der Waals surface area contributed by atoms with Crippen molar-refractivity contribution in [3.63, 3.8) is 0 Å². The zero-order valence-electron chi connectivity index (χ0n) is 11.5. The molecule has 1 heterocycles. The fraction of sp³-hybridized carbons (Fsp3) is 1.00. The Morgan fingerprint density at radius 2 is 1.14 bits per heavy atom. The Balaban J connectivity index is 0. The minimum atomic E-state index is 0.842. The van der Waals surface area contributed by atoms with Crippen molar-refractivity contribution in [3.05, 3.63) is 0 Å². The summed E-state index contributed by atoms with van der Waals surface area (Å²) in [5, 5.41) is 0. The van der Waals surface area contributed by atoms with E-state index in [0.717, 1.165) is 5.41 Å². The Hall–Kier alpha value is -0.0400. The predicted molar refractivity (Wildman–Crippen MR) is 67.8 cm³/mol. The van der Waals surface area contributed by atoms with E-state index < -0.39 is 0 Å². The summed E-state index contributed by atoms with van der Waals surface area (Å²) in [5.74, 6) is 0. The van der Waals surface area contributed by atoms with E-state index in [1.54, 1.807) is 0 Å². The van der Waals surface area contributed by atoms with E-state index in [2.05, 4.69) is 11.9 Å². The molecule has 14 heavy (non-hydrogen) atoms. The molecule has 0 aromatic rings. The Kier molecular flexibility index (Phi) is 11.1. The van der Waals surface area contributed by atoms with Crippen molar-refractivity contribution in [3.8, 4) is 0 Å². The highest BCUT2D eigenvalue weighted by Crippen LogP contribution is 2.47. The van der Waals surface area contributed by atoms with Crippen LogP contribution in [0, 0.1) is 5.41 Å². The standard InChI is InChI=1S/C7H13N.3C2H6/c1-8-5-7(6-8)3-2-4-7;3*1-2/h2-6H2,1H3;3*1-2H3. The smallest absolute Gasteiger partial charge is 0.00474 e. The molecule has 1 heteroatoms. The molecule has 0 radical (unpaired) electrons. The first kappa shape index (κ1) is 16.4. The highest BCUT2D eigenvalue weighted by molar-refractivity contribution is 4.98. The third-order valence-corrected chi connectivity index (χ3v) is 2.62. The van der Waals surface area contributed by atoms with E-state index in [4.69, 9.17) is 0 Å². The van der Waals surface area contributed by atoms with Crippen LogP contribution >= 0.6 is 0 Å². The monoisotopic (exact) mass is 201 g/mol. The van der Waals surface area contributed by atoms with Gasteiger partial charge in [-0.15, -0.1) is 0 Å². The van der Waals surface area contributed by atoms with Gasteiger partial charge in [0.25, 0.3) is 0 Å². The van der Waals surface area contributed by atoms with E-state index in [1.807, 2.05) is 41.5 Å². The van der Waals surface area contributed by atoms with Crippen LogP contribution in [0.3, 0.4) is 0 Å². The molecule has 1 spiro atoms. The molecule has 1 saturated heterocycles. The second-order valence-corrected chi connectivity index (χ2v) is 3.53. The van der Waals surface area contributed by atoms with Crippen LogP contribution in [0.15, 0.2) is 0 Å². The number of hydrogen-bond acceptors (Lipinski definition) is 1. The van der Waals surface area contributed by atoms with Gasteiger partial charge in [-0.3, -0.25) is 0 Å². The number of rotatable bonds is 0. The molecular formula is C13H31N. The average Bonchev–Trinajstić information content (AvgIpc) is 2.19. The molecular weight excluding hydrogens is 170 g/mol. The molecule has 1 nitrogen and oxygen atoms in total. The second kappa shape index (κ2) is 9.51. The molecule has 1 aliphatic heterocycles. The molecule has 2 aliphatic rings. The Labute approximate surface area is 91.9 Å². The predicted octanol–water partition coefficient (Wildman–Crippen LogP) is 4.18. The Bertz CT molecular complexity index is 97.8. The molecule has 2 rings (SSSR count). The maximum absolute atomic E-state index is 2.42. The highest BCUT2D eigenvalue weighted by Gasteiger charge is 2.45. The molecule has 0 N–H and O–H groups in total. The third kappa shape index (κ3) is 4.45. The Morgan fingerprint density at radius 3 is 1.21 bits per heavy atom. The van der Waals surface area contributed by atoms with E-state index in [0.29, 0.717) is 0 Å². The van der Waals surface area contributed by atoms with Crippen LogP contribution in [-0.4, -0.2) is 25.0 Å². The normalized spacial score (nSPS) is 20.8. The van der Waals surface area contributed by atoms with Crippen LogP contribution < -0.4 is 0 Å². The van der Waals surface area contributed by atoms with Crippen LogP contribution in [-0.2, 0) is 0 Å². The molecule has 0 unspecified atom stereocenters. The highest BCUT2D eigenvalue weighted by atomic mass is 15.2. The molecule has 1 aliphatic carbocycles. The second-order valence-electron chi connectivity index (χ2n) is 3.53. The maximum atomic E-state index is 2.42. The van der Waals surface area contributed by atoms with Crippen LogP contribution in [0.1, 0.15) is 60.8 Å². The van der Waals surface area contributed by atoms with Crippen LogP contribution in [0.2, 0.25) is 0 Å². The average molecular weight is 201 g/mol. The summed E-state index contributed by atoms with van der Waals surface area (Å²) in [4.78, 5) is 2.42. The molecule has 0 amide bonds. The van der Waals surface area contributed by atoms with Gasteiger partial charge in [-0.25, -0.2) is 0 Å². The topological polar surface area (TPSA) is 3.24 Å². The van der Waals surface area contributed by atoms with E-state index in [9.17, 15) is 0 Å². The lowest BCUT2D eigenvalue weighted by atomic mass is 9.64. The van der Waals surface area contributed by atoms with Gasteiger partial charge in [0.05, 0.1) is 0 Å². The fourth-order valence-corrected chi connectivity index (χ4v) is 2.09. The lowest BCUT2D eigenvalue weighted by Gasteiger charge is -2.54. The summed E-state index contributed by atoms with van der Waals surface area (Å²) >= 11 is 0. The van der Waals surface area contributed by atoms with E-state index in [-0.39, 0.29) is 0 Å². The van der Waals surface area contributed by atoms with Gasteiger partial charge in [-0.05, 0) is 25.3 Å². The van der Waals surface area contributed by atoms with Crippen molar-refractivity contribution in [1.29, 1.82) is 0 Å². The molecule has 2 fully saturated rings. The van der Waals surface area contributed by atoms with Gasteiger partial charge in [0.2, 0.25) is 0 Å². The first-order valence-electron chi connectivity index (χ1n) is 6.49. The fourth-order valence-electron chi connectivity index (χ4n) is 2.09. The van der Waals surface area contributed by atoms with Crippen molar-refractivity contribution in [2.75, 3.05) is 20.1 Å². The first-order valence-corrected chi connectivity index (χ1v) is 6.49. The molecule has 0 atom stereocenters.